The van der Waals surface area contributed by atoms with E-state index in [9.17, 15) is 4.79 Å². The highest BCUT2D eigenvalue weighted by Gasteiger charge is 2.12. The molecule has 3 aromatic carbocycles. The van der Waals surface area contributed by atoms with Crippen LogP contribution in [0.1, 0.15) is 10.4 Å². The maximum Gasteiger partial charge on any atom is 0.257 e. The van der Waals surface area contributed by atoms with Gasteiger partial charge >= 0.3 is 0 Å². The van der Waals surface area contributed by atoms with Gasteiger partial charge in [-0.1, -0.05) is 47.5 Å². The second-order valence-corrected chi connectivity index (χ2v) is 8.22. The van der Waals surface area contributed by atoms with Crippen LogP contribution >= 0.6 is 34.5 Å². The van der Waals surface area contributed by atoms with Crippen LogP contribution in [0.2, 0.25) is 10.0 Å². The third kappa shape index (κ3) is 4.99. The van der Waals surface area contributed by atoms with Crippen molar-refractivity contribution in [3.8, 4) is 17.0 Å². The quantitative estimate of drug-likeness (QED) is 0.315. The van der Waals surface area contributed by atoms with Crippen LogP contribution in [0.4, 0.5) is 16.5 Å². The number of hydrogen-bond acceptors (Lipinski definition) is 5. The van der Waals surface area contributed by atoms with E-state index in [1.54, 1.807) is 25.3 Å². The summed E-state index contributed by atoms with van der Waals surface area (Å²) in [7, 11) is 1.63. The summed E-state index contributed by atoms with van der Waals surface area (Å²) in [5.74, 6) is 0.450. The molecular formula is C23H17Cl2N3O2S. The third-order valence-electron chi connectivity index (χ3n) is 4.47. The molecule has 0 aliphatic rings. The molecule has 0 bridgehead atoms. The van der Waals surface area contributed by atoms with Gasteiger partial charge in [0.25, 0.3) is 5.91 Å². The van der Waals surface area contributed by atoms with Gasteiger partial charge in [0.1, 0.15) is 5.75 Å². The number of carbonyl (C=O) groups excluding carboxylic acids is 1. The lowest BCUT2D eigenvalue weighted by atomic mass is 10.1. The smallest absolute Gasteiger partial charge is 0.257 e. The molecule has 0 aliphatic heterocycles. The van der Waals surface area contributed by atoms with Crippen molar-refractivity contribution in [2.24, 2.45) is 0 Å². The largest absolute Gasteiger partial charge is 0.495 e. The van der Waals surface area contributed by atoms with Gasteiger partial charge in [0, 0.05) is 21.7 Å². The number of rotatable bonds is 6. The maximum atomic E-state index is 12.5. The first-order valence-corrected chi connectivity index (χ1v) is 10.9. The summed E-state index contributed by atoms with van der Waals surface area (Å²) < 4.78 is 5.36. The minimum Gasteiger partial charge on any atom is -0.495 e. The van der Waals surface area contributed by atoms with E-state index < -0.39 is 0 Å². The van der Waals surface area contributed by atoms with Crippen molar-refractivity contribution in [2.75, 3.05) is 17.7 Å². The fourth-order valence-electron chi connectivity index (χ4n) is 2.92. The lowest BCUT2D eigenvalue weighted by Crippen LogP contribution is -2.12. The monoisotopic (exact) mass is 469 g/mol. The highest BCUT2D eigenvalue weighted by Crippen LogP contribution is 2.31. The Kier molecular flexibility index (Phi) is 6.42. The zero-order chi connectivity index (χ0) is 21.8. The van der Waals surface area contributed by atoms with Crippen LogP contribution in [0.3, 0.4) is 0 Å². The first-order chi connectivity index (χ1) is 15.0. The number of aromatic nitrogens is 1. The van der Waals surface area contributed by atoms with Gasteiger partial charge in [0.15, 0.2) is 5.13 Å². The zero-order valence-electron chi connectivity index (χ0n) is 16.4. The number of carbonyl (C=O) groups is 1. The van der Waals surface area contributed by atoms with Crippen molar-refractivity contribution in [1.29, 1.82) is 0 Å². The van der Waals surface area contributed by atoms with Crippen LogP contribution in [-0.4, -0.2) is 18.0 Å². The molecule has 1 aromatic heterocycles. The van der Waals surface area contributed by atoms with Crippen LogP contribution < -0.4 is 15.4 Å². The van der Waals surface area contributed by atoms with E-state index in [1.807, 2.05) is 53.9 Å². The van der Waals surface area contributed by atoms with E-state index in [1.165, 1.54) is 11.3 Å². The summed E-state index contributed by atoms with van der Waals surface area (Å²) in [6.07, 6.45) is 0. The zero-order valence-corrected chi connectivity index (χ0v) is 18.7. The van der Waals surface area contributed by atoms with Crippen molar-refractivity contribution >= 4 is 57.0 Å². The van der Waals surface area contributed by atoms with Gasteiger partial charge in [-0.3, -0.25) is 4.79 Å². The Morgan fingerprint density at radius 3 is 2.55 bits per heavy atom. The molecule has 156 valence electrons. The van der Waals surface area contributed by atoms with E-state index in [0.717, 1.165) is 27.8 Å². The van der Waals surface area contributed by atoms with Crippen molar-refractivity contribution in [3.05, 3.63) is 87.7 Å². The lowest BCUT2D eigenvalue weighted by Gasteiger charge is -2.08. The van der Waals surface area contributed by atoms with E-state index >= 15 is 0 Å². The topological polar surface area (TPSA) is 63.2 Å². The SMILES string of the molecule is COc1ccccc1Nc1nc(-c2ccc(NC(=O)c3ccc(Cl)cc3Cl)cc2)cs1. The second kappa shape index (κ2) is 9.39. The molecule has 2 N–H and O–H groups in total. The van der Waals surface area contributed by atoms with Crippen molar-refractivity contribution in [1.82, 2.24) is 4.98 Å². The number of benzene rings is 3. The Morgan fingerprint density at radius 1 is 1.03 bits per heavy atom. The minimum atomic E-state index is -0.300. The number of methoxy groups -OCH3 is 1. The molecule has 0 unspecified atom stereocenters. The predicted octanol–water partition coefficient (Wildman–Crippen LogP) is 7.12. The van der Waals surface area contributed by atoms with Gasteiger partial charge in [0.2, 0.25) is 0 Å². The van der Waals surface area contributed by atoms with Gasteiger partial charge in [0.05, 0.1) is 29.1 Å². The molecule has 0 aliphatic carbocycles. The summed E-state index contributed by atoms with van der Waals surface area (Å²) in [5, 5.41) is 9.63. The first-order valence-electron chi connectivity index (χ1n) is 9.26. The molecule has 0 radical (unpaired) electrons. The fraction of sp³-hybridized carbons (Fsp3) is 0.0435. The van der Waals surface area contributed by atoms with Crippen LogP contribution in [0, 0.1) is 0 Å². The summed E-state index contributed by atoms with van der Waals surface area (Å²) in [6, 6.07) is 19.9. The highest BCUT2D eigenvalue weighted by molar-refractivity contribution is 7.14. The number of nitrogens with zero attached hydrogens (tertiary/aromatic N) is 1. The minimum absolute atomic E-state index is 0.300. The molecule has 8 heteroatoms. The Morgan fingerprint density at radius 2 is 1.81 bits per heavy atom. The van der Waals surface area contributed by atoms with E-state index in [-0.39, 0.29) is 5.91 Å². The fourth-order valence-corrected chi connectivity index (χ4v) is 4.15. The number of nitrogens with one attached hydrogen (secondary N) is 2. The van der Waals surface area contributed by atoms with Gasteiger partial charge in [-0.15, -0.1) is 11.3 Å². The van der Waals surface area contributed by atoms with Gasteiger partial charge in [-0.05, 0) is 42.5 Å². The number of para-hydroxylation sites is 2. The van der Waals surface area contributed by atoms with Gasteiger partial charge < -0.3 is 15.4 Å². The summed E-state index contributed by atoms with van der Waals surface area (Å²) in [5.41, 5.74) is 3.64. The molecule has 0 saturated heterocycles. The normalized spacial score (nSPS) is 10.5. The van der Waals surface area contributed by atoms with E-state index in [0.29, 0.717) is 21.3 Å². The molecular weight excluding hydrogens is 453 g/mol. The summed E-state index contributed by atoms with van der Waals surface area (Å²) >= 11 is 13.5. The van der Waals surface area contributed by atoms with Gasteiger partial charge in [-0.2, -0.15) is 0 Å². The molecule has 0 saturated carbocycles. The average Bonchev–Trinajstić information content (AvgIpc) is 3.23. The number of amides is 1. The number of ether oxygens (including phenoxy) is 1. The second-order valence-electron chi connectivity index (χ2n) is 6.52. The molecule has 0 fully saturated rings. The van der Waals surface area contributed by atoms with Crippen molar-refractivity contribution in [2.45, 2.75) is 0 Å². The molecule has 4 rings (SSSR count). The molecule has 4 aromatic rings. The summed E-state index contributed by atoms with van der Waals surface area (Å²) in [4.78, 5) is 17.1. The number of halogens is 2. The molecule has 1 heterocycles. The average molecular weight is 470 g/mol. The molecule has 0 spiro atoms. The molecule has 0 atom stereocenters. The predicted molar refractivity (Wildman–Crippen MR) is 128 cm³/mol. The Hall–Kier alpha value is -3.06. The Labute approximate surface area is 193 Å². The Bertz CT molecular complexity index is 1230. The van der Waals surface area contributed by atoms with Crippen molar-refractivity contribution < 1.29 is 9.53 Å². The summed E-state index contributed by atoms with van der Waals surface area (Å²) in [6.45, 7) is 0. The lowest BCUT2D eigenvalue weighted by molar-refractivity contribution is 0.102. The van der Waals surface area contributed by atoms with Gasteiger partial charge in [-0.25, -0.2) is 4.98 Å². The molecule has 5 nitrogen and oxygen atoms in total. The van der Waals surface area contributed by atoms with Crippen molar-refractivity contribution in [3.63, 3.8) is 0 Å². The third-order valence-corrected chi connectivity index (χ3v) is 5.77. The van der Waals surface area contributed by atoms with Crippen LogP contribution in [0.25, 0.3) is 11.3 Å². The Balaban J connectivity index is 1.45. The number of anilines is 3. The number of thiazole rings is 1. The van der Waals surface area contributed by atoms with Crippen LogP contribution in [0.5, 0.6) is 5.75 Å². The standard InChI is InChI=1S/C23H17Cl2N3O2S/c1-30-21-5-3-2-4-19(21)27-23-28-20(13-31-23)14-6-9-16(10-7-14)26-22(29)17-11-8-15(24)12-18(17)25/h2-13H,1H3,(H,26,29)(H,27,28). The highest BCUT2D eigenvalue weighted by atomic mass is 35.5. The van der Waals surface area contributed by atoms with Crippen LogP contribution in [-0.2, 0) is 0 Å². The maximum absolute atomic E-state index is 12.5. The van der Waals surface area contributed by atoms with Crippen LogP contribution in [0.15, 0.2) is 72.1 Å². The van der Waals surface area contributed by atoms with E-state index in [2.05, 4.69) is 15.6 Å². The van der Waals surface area contributed by atoms with E-state index in [4.69, 9.17) is 27.9 Å². The first kappa shape index (κ1) is 21.2. The molecule has 31 heavy (non-hydrogen) atoms. The molecule has 1 amide bonds. The number of hydrogen-bond donors (Lipinski definition) is 2.